The normalized spacial score (nSPS) is 11.2. The van der Waals surface area contributed by atoms with Crippen LogP contribution in [0.5, 0.6) is 5.75 Å². The van der Waals surface area contributed by atoms with E-state index >= 15 is 0 Å². The lowest BCUT2D eigenvalue weighted by Gasteiger charge is -2.11. The van der Waals surface area contributed by atoms with Crippen molar-refractivity contribution in [1.82, 2.24) is 14.7 Å². The Morgan fingerprint density at radius 2 is 1.89 bits per heavy atom. The van der Waals surface area contributed by atoms with Gasteiger partial charge >= 0.3 is 0 Å². The molecule has 9 heteroatoms. The van der Waals surface area contributed by atoms with Crippen molar-refractivity contribution in [3.8, 4) is 17.0 Å². The summed E-state index contributed by atoms with van der Waals surface area (Å²) >= 11 is 0. The highest BCUT2D eigenvalue weighted by atomic mass is 32.2. The summed E-state index contributed by atoms with van der Waals surface area (Å²) in [7, 11) is -1.81. The first-order valence-corrected chi connectivity index (χ1v) is 10.2. The van der Waals surface area contributed by atoms with Gasteiger partial charge in [-0.3, -0.25) is 0 Å². The fraction of sp³-hybridized carbons (Fsp3) is 0.158. The van der Waals surface area contributed by atoms with E-state index in [9.17, 15) is 12.8 Å². The van der Waals surface area contributed by atoms with Crippen molar-refractivity contribution in [1.29, 1.82) is 0 Å². The Morgan fingerprint density at radius 1 is 1.11 bits per heavy atom. The monoisotopic (exact) mass is 402 g/mol. The molecule has 0 saturated heterocycles. The third-order valence-electron chi connectivity index (χ3n) is 3.86. The van der Waals surface area contributed by atoms with Crippen LogP contribution in [0.25, 0.3) is 11.3 Å². The van der Waals surface area contributed by atoms with E-state index in [0.717, 1.165) is 11.8 Å². The molecule has 1 aromatic heterocycles. The summed E-state index contributed by atoms with van der Waals surface area (Å²) in [5.74, 6) is 0.389. The molecule has 3 aromatic rings. The average Bonchev–Trinajstić information content (AvgIpc) is 2.66. The van der Waals surface area contributed by atoms with Crippen molar-refractivity contribution < 1.29 is 17.5 Å². The second kappa shape index (κ2) is 8.32. The predicted molar refractivity (Wildman–Crippen MR) is 105 cm³/mol. The summed E-state index contributed by atoms with van der Waals surface area (Å²) in [4.78, 5) is 8.31. The van der Waals surface area contributed by atoms with E-state index in [1.54, 1.807) is 36.4 Å². The number of nitrogens with one attached hydrogen (secondary N) is 2. The number of hydrogen-bond donors (Lipinski definition) is 2. The standard InChI is InChI=1S/C19H19FN4O3S/c1-27-17-8-4-7-15(20)19(17)16-10-18(22-12-21-16)24-14-6-3-5-13(9-14)11-23-28(2,25)26/h3-10,12,23H,11H2,1-2H3,(H,21,22,24). The van der Waals surface area contributed by atoms with Crippen LogP contribution in [0.15, 0.2) is 54.9 Å². The molecular formula is C19H19FN4O3S. The van der Waals surface area contributed by atoms with Crippen molar-refractivity contribution in [3.05, 3.63) is 66.2 Å². The predicted octanol–water partition coefficient (Wildman–Crippen LogP) is 3.08. The second-order valence-corrected chi connectivity index (χ2v) is 7.86. The van der Waals surface area contributed by atoms with Crippen LogP contribution in [-0.4, -0.2) is 31.8 Å². The third-order valence-corrected chi connectivity index (χ3v) is 4.53. The van der Waals surface area contributed by atoms with Gasteiger partial charge in [0.05, 0.1) is 24.6 Å². The van der Waals surface area contributed by atoms with Crippen molar-refractivity contribution in [2.45, 2.75) is 6.54 Å². The van der Waals surface area contributed by atoms with Crippen LogP contribution in [0.1, 0.15) is 5.56 Å². The largest absolute Gasteiger partial charge is 0.496 e. The lowest BCUT2D eigenvalue weighted by molar-refractivity contribution is 0.413. The maximum atomic E-state index is 14.3. The van der Waals surface area contributed by atoms with E-state index < -0.39 is 15.8 Å². The molecule has 2 N–H and O–H groups in total. The fourth-order valence-corrected chi connectivity index (χ4v) is 3.04. The molecule has 7 nitrogen and oxygen atoms in total. The molecule has 0 radical (unpaired) electrons. The van der Waals surface area contributed by atoms with Crippen LogP contribution >= 0.6 is 0 Å². The number of methoxy groups -OCH3 is 1. The molecule has 0 fully saturated rings. The minimum atomic E-state index is -3.28. The number of ether oxygens (including phenoxy) is 1. The fourth-order valence-electron chi connectivity index (χ4n) is 2.61. The summed E-state index contributed by atoms with van der Waals surface area (Å²) in [5.41, 5.74) is 2.11. The van der Waals surface area contributed by atoms with Gasteiger partial charge in [0.1, 0.15) is 23.7 Å². The molecule has 0 amide bonds. The zero-order chi connectivity index (χ0) is 20.1. The molecule has 3 rings (SSSR count). The Labute approximate surface area is 162 Å². The molecule has 28 heavy (non-hydrogen) atoms. The van der Waals surface area contributed by atoms with Gasteiger partial charge in [-0.2, -0.15) is 0 Å². The van der Waals surface area contributed by atoms with E-state index in [1.807, 2.05) is 6.07 Å². The Kier molecular flexibility index (Phi) is 5.86. The first-order chi connectivity index (χ1) is 13.4. The van der Waals surface area contributed by atoms with E-state index in [1.165, 1.54) is 19.5 Å². The van der Waals surface area contributed by atoms with Crippen LogP contribution in [0.2, 0.25) is 0 Å². The summed E-state index contributed by atoms with van der Waals surface area (Å²) in [6.45, 7) is 0.176. The molecule has 0 aliphatic rings. The molecule has 2 aromatic carbocycles. The zero-order valence-corrected chi connectivity index (χ0v) is 16.1. The topological polar surface area (TPSA) is 93.2 Å². The summed E-state index contributed by atoms with van der Waals surface area (Å²) in [6, 6.07) is 13.4. The number of benzene rings is 2. The van der Waals surface area contributed by atoms with Gasteiger partial charge in [0.25, 0.3) is 0 Å². The number of anilines is 2. The van der Waals surface area contributed by atoms with Gasteiger partial charge in [-0.25, -0.2) is 27.5 Å². The molecule has 146 valence electrons. The van der Waals surface area contributed by atoms with E-state index in [-0.39, 0.29) is 12.1 Å². The molecule has 0 aliphatic heterocycles. The van der Waals surface area contributed by atoms with Gasteiger partial charge in [0, 0.05) is 18.3 Å². The molecule has 0 bridgehead atoms. The van der Waals surface area contributed by atoms with Gasteiger partial charge in [0.15, 0.2) is 0 Å². The molecule has 0 unspecified atom stereocenters. The second-order valence-electron chi connectivity index (χ2n) is 6.02. The van der Waals surface area contributed by atoms with Gasteiger partial charge in [0.2, 0.25) is 10.0 Å². The molecule has 0 aliphatic carbocycles. The average molecular weight is 402 g/mol. The number of rotatable bonds is 7. The minimum absolute atomic E-state index is 0.176. The third kappa shape index (κ3) is 5.02. The Balaban J connectivity index is 1.85. The molecule has 1 heterocycles. The molecule has 0 saturated carbocycles. The molecule has 0 spiro atoms. The summed E-state index contributed by atoms with van der Waals surface area (Å²) in [6.07, 6.45) is 2.44. The maximum absolute atomic E-state index is 14.3. The first kappa shape index (κ1) is 19.7. The minimum Gasteiger partial charge on any atom is -0.496 e. The van der Waals surface area contributed by atoms with Crippen LogP contribution < -0.4 is 14.8 Å². The quantitative estimate of drug-likeness (QED) is 0.631. The van der Waals surface area contributed by atoms with Gasteiger partial charge in [-0.15, -0.1) is 0 Å². The highest BCUT2D eigenvalue weighted by Crippen LogP contribution is 2.32. The van der Waals surface area contributed by atoms with Crippen molar-refractivity contribution in [2.75, 3.05) is 18.7 Å². The number of aromatic nitrogens is 2. The maximum Gasteiger partial charge on any atom is 0.209 e. The lowest BCUT2D eigenvalue weighted by Crippen LogP contribution is -2.21. The number of sulfonamides is 1. The highest BCUT2D eigenvalue weighted by Gasteiger charge is 2.14. The van der Waals surface area contributed by atoms with E-state index in [2.05, 4.69) is 20.0 Å². The lowest BCUT2D eigenvalue weighted by atomic mass is 10.1. The van der Waals surface area contributed by atoms with Gasteiger partial charge < -0.3 is 10.1 Å². The van der Waals surface area contributed by atoms with Crippen molar-refractivity contribution in [3.63, 3.8) is 0 Å². The van der Waals surface area contributed by atoms with E-state index in [4.69, 9.17) is 4.74 Å². The van der Waals surface area contributed by atoms with Gasteiger partial charge in [-0.1, -0.05) is 18.2 Å². The SMILES string of the molecule is COc1cccc(F)c1-c1cc(Nc2cccc(CNS(C)(=O)=O)c2)ncn1. The van der Waals surface area contributed by atoms with Crippen LogP contribution in [0, 0.1) is 5.82 Å². The van der Waals surface area contributed by atoms with E-state index in [0.29, 0.717) is 22.9 Å². The zero-order valence-electron chi connectivity index (χ0n) is 15.3. The first-order valence-electron chi connectivity index (χ1n) is 8.31. The van der Waals surface area contributed by atoms with Crippen molar-refractivity contribution >= 4 is 21.5 Å². The number of nitrogens with zero attached hydrogens (tertiary/aromatic N) is 2. The van der Waals surface area contributed by atoms with Crippen LogP contribution in [0.3, 0.4) is 0 Å². The Morgan fingerprint density at radius 3 is 2.64 bits per heavy atom. The number of hydrogen-bond acceptors (Lipinski definition) is 6. The summed E-state index contributed by atoms with van der Waals surface area (Å²) < 4.78 is 44.5. The highest BCUT2D eigenvalue weighted by molar-refractivity contribution is 7.88. The van der Waals surface area contributed by atoms with Crippen LogP contribution in [-0.2, 0) is 16.6 Å². The van der Waals surface area contributed by atoms with Crippen molar-refractivity contribution in [2.24, 2.45) is 0 Å². The molecule has 0 atom stereocenters. The molecular weight excluding hydrogens is 383 g/mol. The van der Waals surface area contributed by atoms with Crippen LogP contribution in [0.4, 0.5) is 15.9 Å². The number of halogens is 1. The van der Waals surface area contributed by atoms with Gasteiger partial charge in [-0.05, 0) is 29.8 Å². The Hall–Kier alpha value is -3.04. The summed E-state index contributed by atoms with van der Waals surface area (Å²) in [5, 5.41) is 3.12. The Bertz CT molecular complexity index is 1090. The smallest absolute Gasteiger partial charge is 0.209 e.